The van der Waals surface area contributed by atoms with E-state index < -0.39 is 0 Å². The molecule has 3 heteroatoms. The molecule has 3 N–H and O–H groups in total. The SMILES string of the molecule is CC#CCCNC1(CN)CCN2CCCCC21. The standard InChI is InChI=1S/C14H25N3/c1-2-3-5-9-16-14(12-15)8-11-17-10-6-4-7-13(14)17/h13,16H,4-12,15H2,1H3. The number of hydrogen-bond acceptors (Lipinski definition) is 3. The Kier molecular flexibility index (Phi) is 4.44. The van der Waals surface area contributed by atoms with Crippen LogP contribution in [0.25, 0.3) is 0 Å². The van der Waals surface area contributed by atoms with Crippen LogP contribution < -0.4 is 11.1 Å². The maximum atomic E-state index is 6.07. The molecule has 0 amide bonds. The van der Waals surface area contributed by atoms with Crippen LogP contribution >= 0.6 is 0 Å². The monoisotopic (exact) mass is 235 g/mol. The Bertz CT molecular complexity index is 304. The topological polar surface area (TPSA) is 41.3 Å². The van der Waals surface area contributed by atoms with E-state index in [9.17, 15) is 0 Å². The summed E-state index contributed by atoms with van der Waals surface area (Å²) in [4.78, 5) is 2.63. The zero-order chi connectivity index (χ0) is 12.1. The van der Waals surface area contributed by atoms with Crippen LogP contribution in [0.15, 0.2) is 0 Å². The van der Waals surface area contributed by atoms with Crippen LogP contribution in [-0.2, 0) is 0 Å². The smallest absolute Gasteiger partial charge is 0.0473 e. The summed E-state index contributed by atoms with van der Waals surface area (Å²) in [5.74, 6) is 6.07. The molecule has 2 aliphatic heterocycles. The Hall–Kier alpha value is -0.560. The molecule has 2 aliphatic rings. The summed E-state index contributed by atoms with van der Waals surface area (Å²) in [6.07, 6.45) is 6.17. The minimum Gasteiger partial charge on any atom is -0.329 e. The van der Waals surface area contributed by atoms with Gasteiger partial charge in [0.25, 0.3) is 0 Å². The van der Waals surface area contributed by atoms with Gasteiger partial charge < -0.3 is 11.1 Å². The summed E-state index contributed by atoms with van der Waals surface area (Å²) >= 11 is 0. The van der Waals surface area contributed by atoms with Crippen LogP contribution in [0.5, 0.6) is 0 Å². The van der Waals surface area contributed by atoms with E-state index in [0.717, 1.165) is 19.5 Å². The molecule has 0 radical (unpaired) electrons. The first-order chi connectivity index (χ1) is 8.32. The normalized spacial score (nSPS) is 32.9. The quantitative estimate of drug-likeness (QED) is 0.563. The highest BCUT2D eigenvalue weighted by Crippen LogP contribution is 2.34. The van der Waals surface area contributed by atoms with Crippen LogP contribution in [-0.4, -0.2) is 42.7 Å². The molecule has 96 valence electrons. The maximum Gasteiger partial charge on any atom is 0.0473 e. The van der Waals surface area contributed by atoms with Gasteiger partial charge in [-0.3, -0.25) is 4.90 Å². The summed E-state index contributed by atoms with van der Waals surface area (Å²) in [5, 5.41) is 3.71. The van der Waals surface area contributed by atoms with Crippen molar-refractivity contribution >= 4 is 0 Å². The zero-order valence-corrected chi connectivity index (χ0v) is 11.0. The van der Waals surface area contributed by atoms with Crippen LogP contribution in [0.3, 0.4) is 0 Å². The molecule has 0 saturated carbocycles. The first kappa shape index (κ1) is 12.9. The number of rotatable bonds is 4. The van der Waals surface area contributed by atoms with E-state index in [-0.39, 0.29) is 5.54 Å². The highest BCUT2D eigenvalue weighted by Gasteiger charge is 2.46. The predicted molar refractivity (Wildman–Crippen MR) is 71.7 cm³/mol. The lowest BCUT2D eigenvalue weighted by Gasteiger charge is -2.40. The third kappa shape index (κ3) is 2.65. The molecule has 2 heterocycles. The molecule has 2 rings (SSSR count). The van der Waals surface area contributed by atoms with Crippen molar-refractivity contribution in [3.8, 4) is 11.8 Å². The molecule has 0 bridgehead atoms. The van der Waals surface area contributed by atoms with Crippen LogP contribution in [0, 0.1) is 11.8 Å². The van der Waals surface area contributed by atoms with E-state index in [2.05, 4.69) is 22.1 Å². The van der Waals surface area contributed by atoms with E-state index >= 15 is 0 Å². The van der Waals surface area contributed by atoms with Crippen LogP contribution in [0.4, 0.5) is 0 Å². The minimum atomic E-state index is 0.163. The third-order valence-corrected chi connectivity index (χ3v) is 4.36. The van der Waals surface area contributed by atoms with Crippen LogP contribution in [0.1, 0.15) is 39.0 Å². The largest absolute Gasteiger partial charge is 0.329 e. The van der Waals surface area contributed by atoms with Gasteiger partial charge in [0.05, 0.1) is 0 Å². The average molecular weight is 235 g/mol. The van der Waals surface area contributed by atoms with Gasteiger partial charge in [-0.25, -0.2) is 0 Å². The lowest BCUT2D eigenvalue weighted by molar-refractivity contribution is 0.141. The fraction of sp³-hybridized carbons (Fsp3) is 0.857. The minimum absolute atomic E-state index is 0.163. The fourth-order valence-electron chi connectivity index (χ4n) is 3.41. The molecule has 2 atom stereocenters. The van der Waals surface area contributed by atoms with E-state index in [1.807, 2.05) is 6.92 Å². The Balaban J connectivity index is 1.95. The van der Waals surface area contributed by atoms with Crippen molar-refractivity contribution < 1.29 is 0 Å². The first-order valence-electron chi connectivity index (χ1n) is 6.91. The highest BCUT2D eigenvalue weighted by molar-refractivity contribution is 5.08. The van der Waals surface area contributed by atoms with Gasteiger partial charge in [0.2, 0.25) is 0 Å². The second-order valence-electron chi connectivity index (χ2n) is 5.26. The van der Waals surface area contributed by atoms with E-state index in [1.165, 1.54) is 38.8 Å². The predicted octanol–water partition coefficient (Wildman–Crippen LogP) is 0.945. The average Bonchev–Trinajstić information content (AvgIpc) is 2.75. The molecule has 0 aromatic carbocycles. The van der Waals surface area contributed by atoms with Gasteiger partial charge in [-0.2, -0.15) is 0 Å². The van der Waals surface area contributed by atoms with Gasteiger partial charge in [-0.15, -0.1) is 11.8 Å². The van der Waals surface area contributed by atoms with Crippen molar-refractivity contribution in [3.63, 3.8) is 0 Å². The second-order valence-corrected chi connectivity index (χ2v) is 5.26. The Morgan fingerprint density at radius 3 is 3.06 bits per heavy atom. The molecular weight excluding hydrogens is 210 g/mol. The number of fused-ring (bicyclic) bond motifs is 1. The number of hydrogen-bond donors (Lipinski definition) is 2. The molecular formula is C14H25N3. The molecule has 0 aliphatic carbocycles. The summed E-state index contributed by atoms with van der Waals surface area (Å²) in [6, 6.07) is 0.663. The van der Waals surface area contributed by atoms with Gasteiger partial charge in [0.1, 0.15) is 0 Å². The number of nitrogens with two attached hydrogens (primary N) is 1. The molecule has 2 unspecified atom stereocenters. The van der Waals surface area contributed by atoms with Crippen molar-refractivity contribution in [1.82, 2.24) is 10.2 Å². The lowest BCUT2D eigenvalue weighted by Crippen LogP contribution is -2.60. The summed E-state index contributed by atoms with van der Waals surface area (Å²) in [5.41, 5.74) is 6.23. The zero-order valence-electron chi connectivity index (χ0n) is 11.0. The van der Waals surface area contributed by atoms with Crippen molar-refractivity contribution in [2.45, 2.75) is 50.6 Å². The highest BCUT2D eigenvalue weighted by atomic mass is 15.3. The van der Waals surface area contributed by atoms with Crippen molar-refractivity contribution in [2.75, 3.05) is 26.2 Å². The second kappa shape index (κ2) is 5.86. The van der Waals surface area contributed by atoms with Crippen molar-refractivity contribution in [2.24, 2.45) is 5.73 Å². The third-order valence-electron chi connectivity index (χ3n) is 4.36. The van der Waals surface area contributed by atoms with Crippen molar-refractivity contribution in [1.29, 1.82) is 0 Å². The summed E-state index contributed by atoms with van der Waals surface area (Å²) < 4.78 is 0. The molecule has 0 spiro atoms. The van der Waals surface area contributed by atoms with Crippen LogP contribution in [0.2, 0.25) is 0 Å². The number of nitrogens with one attached hydrogen (secondary N) is 1. The van der Waals surface area contributed by atoms with Gasteiger partial charge in [-0.1, -0.05) is 6.42 Å². The molecule has 17 heavy (non-hydrogen) atoms. The maximum absolute atomic E-state index is 6.07. The van der Waals surface area contributed by atoms with Crippen molar-refractivity contribution in [3.05, 3.63) is 0 Å². The fourth-order valence-corrected chi connectivity index (χ4v) is 3.41. The van der Waals surface area contributed by atoms with Gasteiger partial charge in [0.15, 0.2) is 0 Å². The first-order valence-corrected chi connectivity index (χ1v) is 6.91. The van der Waals surface area contributed by atoms with Gasteiger partial charge in [0, 0.05) is 37.6 Å². The molecule has 0 aromatic rings. The Morgan fingerprint density at radius 1 is 1.41 bits per heavy atom. The molecule has 0 aromatic heterocycles. The van der Waals surface area contributed by atoms with E-state index in [0.29, 0.717) is 6.04 Å². The van der Waals surface area contributed by atoms with E-state index in [1.54, 1.807) is 0 Å². The van der Waals surface area contributed by atoms with Gasteiger partial charge in [-0.05, 0) is 32.7 Å². The number of piperidine rings is 1. The Morgan fingerprint density at radius 2 is 2.29 bits per heavy atom. The molecule has 2 fully saturated rings. The Labute approximate surface area is 105 Å². The van der Waals surface area contributed by atoms with Gasteiger partial charge >= 0.3 is 0 Å². The molecule has 3 nitrogen and oxygen atoms in total. The summed E-state index contributed by atoms with van der Waals surface area (Å²) in [7, 11) is 0. The number of nitrogens with zero attached hydrogens (tertiary/aromatic N) is 1. The van der Waals surface area contributed by atoms with E-state index in [4.69, 9.17) is 5.73 Å². The lowest BCUT2D eigenvalue weighted by atomic mass is 9.85. The summed E-state index contributed by atoms with van der Waals surface area (Å²) in [6.45, 7) is 6.12. The molecule has 2 saturated heterocycles.